The minimum absolute atomic E-state index is 0.0399. The van der Waals surface area contributed by atoms with Gasteiger partial charge in [0.25, 0.3) is 0 Å². The molecule has 3 nitrogen and oxygen atoms in total. The molecule has 0 aromatic heterocycles. The number of fused-ring (bicyclic) bond motifs is 1. The Labute approximate surface area is 96.5 Å². The van der Waals surface area contributed by atoms with Gasteiger partial charge in [0, 0.05) is 5.54 Å². The van der Waals surface area contributed by atoms with Crippen molar-refractivity contribution in [1.82, 2.24) is 0 Å². The third-order valence-electron chi connectivity index (χ3n) is 2.83. The van der Waals surface area contributed by atoms with Crippen molar-refractivity contribution >= 4 is 17.3 Å². The molecular formula is C13H18N2O. The molecule has 0 bridgehead atoms. The molecule has 1 aromatic rings. The summed E-state index contributed by atoms with van der Waals surface area (Å²) < 4.78 is 0. The quantitative estimate of drug-likeness (QED) is 0.725. The highest BCUT2D eigenvalue weighted by Gasteiger charge is 2.29. The standard InChI is InChI=1S/C13H18N2O/c1-9-5-6-11-10(7-9)14-12(16)8-15(11)13(2,3)4/h5-7H,8H2,1-4H3,(H,14,16). The lowest BCUT2D eigenvalue weighted by atomic mass is 10.0. The van der Waals surface area contributed by atoms with Gasteiger partial charge in [0.15, 0.2) is 0 Å². The summed E-state index contributed by atoms with van der Waals surface area (Å²) in [5.41, 5.74) is 3.15. The van der Waals surface area contributed by atoms with Gasteiger partial charge in [-0.1, -0.05) is 6.07 Å². The molecule has 0 saturated heterocycles. The van der Waals surface area contributed by atoms with Crippen molar-refractivity contribution in [3.63, 3.8) is 0 Å². The third kappa shape index (κ3) is 1.90. The van der Waals surface area contributed by atoms with Crippen molar-refractivity contribution in [2.75, 3.05) is 16.8 Å². The van der Waals surface area contributed by atoms with Gasteiger partial charge in [-0.05, 0) is 45.4 Å². The van der Waals surface area contributed by atoms with Crippen molar-refractivity contribution in [3.05, 3.63) is 23.8 Å². The molecule has 0 radical (unpaired) electrons. The lowest BCUT2D eigenvalue weighted by molar-refractivity contribution is -0.115. The number of anilines is 2. The van der Waals surface area contributed by atoms with Crippen LogP contribution in [0, 0.1) is 6.92 Å². The summed E-state index contributed by atoms with van der Waals surface area (Å²) in [6, 6.07) is 6.18. The van der Waals surface area contributed by atoms with E-state index in [1.54, 1.807) is 0 Å². The fourth-order valence-corrected chi connectivity index (χ4v) is 2.00. The monoisotopic (exact) mass is 218 g/mol. The van der Waals surface area contributed by atoms with Crippen LogP contribution in [0.15, 0.2) is 18.2 Å². The van der Waals surface area contributed by atoms with Gasteiger partial charge >= 0.3 is 0 Å². The molecule has 0 aliphatic carbocycles. The number of aryl methyl sites for hydroxylation is 1. The van der Waals surface area contributed by atoms with Crippen LogP contribution in [0.2, 0.25) is 0 Å². The van der Waals surface area contributed by atoms with E-state index in [-0.39, 0.29) is 11.4 Å². The largest absolute Gasteiger partial charge is 0.356 e. The van der Waals surface area contributed by atoms with Crippen LogP contribution in [0.3, 0.4) is 0 Å². The van der Waals surface area contributed by atoms with Crippen molar-refractivity contribution < 1.29 is 4.79 Å². The first kappa shape index (κ1) is 11.0. The van der Waals surface area contributed by atoms with Crippen LogP contribution >= 0.6 is 0 Å². The lowest BCUT2D eigenvalue weighted by Gasteiger charge is -2.41. The molecule has 0 unspecified atom stereocenters. The fourth-order valence-electron chi connectivity index (χ4n) is 2.00. The highest BCUT2D eigenvalue weighted by molar-refractivity contribution is 6.01. The van der Waals surface area contributed by atoms with Gasteiger partial charge in [-0.3, -0.25) is 4.79 Å². The molecule has 0 fully saturated rings. The van der Waals surface area contributed by atoms with E-state index in [1.165, 1.54) is 0 Å². The summed E-state index contributed by atoms with van der Waals surface area (Å²) >= 11 is 0. The minimum atomic E-state index is -0.0399. The van der Waals surface area contributed by atoms with E-state index in [0.29, 0.717) is 6.54 Å². The maximum Gasteiger partial charge on any atom is 0.243 e. The molecule has 0 saturated carbocycles. The number of nitrogens with zero attached hydrogens (tertiary/aromatic N) is 1. The smallest absolute Gasteiger partial charge is 0.243 e. The number of hydrogen-bond acceptors (Lipinski definition) is 2. The Hall–Kier alpha value is -1.51. The summed E-state index contributed by atoms with van der Waals surface area (Å²) in [4.78, 5) is 13.8. The topological polar surface area (TPSA) is 32.3 Å². The zero-order valence-electron chi connectivity index (χ0n) is 10.3. The summed E-state index contributed by atoms with van der Waals surface area (Å²) in [5.74, 6) is 0.0630. The lowest BCUT2D eigenvalue weighted by Crippen LogP contribution is -2.48. The van der Waals surface area contributed by atoms with E-state index in [0.717, 1.165) is 16.9 Å². The molecule has 1 N–H and O–H groups in total. The molecular weight excluding hydrogens is 200 g/mol. The third-order valence-corrected chi connectivity index (χ3v) is 2.83. The number of nitrogens with one attached hydrogen (secondary N) is 1. The number of carbonyl (C=O) groups excluding carboxylic acids is 1. The van der Waals surface area contributed by atoms with Crippen LogP contribution in [0.5, 0.6) is 0 Å². The molecule has 1 aliphatic heterocycles. The predicted octanol–water partition coefficient (Wildman–Crippen LogP) is 2.55. The molecule has 3 heteroatoms. The van der Waals surface area contributed by atoms with E-state index < -0.39 is 0 Å². The molecule has 1 aromatic carbocycles. The van der Waals surface area contributed by atoms with Crippen LogP contribution in [0.25, 0.3) is 0 Å². The van der Waals surface area contributed by atoms with Gasteiger partial charge in [-0.25, -0.2) is 0 Å². The van der Waals surface area contributed by atoms with E-state index in [1.807, 2.05) is 13.0 Å². The van der Waals surface area contributed by atoms with Crippen LogP contribution in [-0.2, 0) is 4.79 Å². The Bertz CT molecular complexity index is 432. The van der Waals surface area contributed by atoms with Gasteiger partial charge in [0.1, 0.15) is 0 Å². The van der Waals surface area contributed by atoms with Crippen LogP contribution in [-0.4, -0.2) is 18.0 Å². The molecule has 1 heterocycles. The summed E-state index contributed by atoms with van der Waals surface area (Å²) in [7, 11) is 0. The Kier molecular flexibility index (Phi) is 2.41. The first-order chi connectivity index (χ1) is 7.38. The Morgan fingerprint density at radius 1 is 1.31 bits per heavy atom. The van der Waals surface area contributed by atoms with Gasteiger partial charge in [-0.2, -0.15) is 0 Å². The Balaban J connectivity index is 2.50. The van der Waals surface area contributed by atoms with Gasteiger partial charge in [0.2, 0.25) is 5.91 Å². The highest BCUT2D eigenvalue weighted by atomic mass is 16.2. The summed E-state index contributed by atoms with van der Waals surface area (Å²) in [6.45, 7) is 8.82. The van der Waals surface area contributed by atoms with E-state index >= 15 is 0 Å². The second-order valence-corrected chi connectivity index (χ2v) is 5.33. The first-order valence-electron chi connectivity index (χ1n) is 5.56. The van der Waals surface area contributed by atoms with E-state index in [9.17, 15) is 4.79 Å². The second-order valence-electron chi connectivity index (χ2n) is 5.33. The first-order valence-corrected chi connectivity index (χ1v) is 5.56. The SMILES string of the molecule is Cc1ccc2c(c1)NC(=O)CN2C(C)(C)C. The minimum Gasteiger partial charge on any atom is -0.356 e. The highest BCUT2D eigenvalue weighted by Crippen LogP contribution is 2.34. The number of hydrogen-bond donors (Lipinski definition) is 1. The molecule has 2 rings (SSSR count). The zero-order valence-corrected chi connectivity index (χ0v) is 10.3. The molecule has 0 atom stereocenters. The average Bonchev–Trinajstić information content (AvgIpc) is 2.14. The van der Waals surface area contributed by atoms with Crippen molar-refractivity contribution in [1.29, 1.82) is 0 Å². The Morgan fingerprint density at radius 2 is 2.00 bits per heavy atom. The van der Waals surface area contributed by atoms with Crippen molar-refractivity contribution in [2.24, 2.45) is 0 Å². The summed E-state index contributed by atoms with van der Waals surface area (Å²) in [6.07, 6.45) is 0. The molecule has 1 aliphatic rings. The Morgan fingerprint density at radius 3 is 2.62 bits per heavy atom. The number of amides is 1. The molecule has 0 spiro atoms. The summed E-state index contributed by atoms with van der Waals surface area (Å²) in [5, 5.41) is 2.92. The molecule has 16 heavy (non-hydrogen) atoms. The van der Waals surface area contributed by atoms with Gasteiger partial charge < -0.3 is 10.2 Å². The van der Waals surface area contributed by atoms with Crippen molar-refractivity contribution in [2.45, 2.75) is 33.2 Å². The van der Waals surface area contributed by atoms with E-state index in [2.05, 4.69) is 43.1 Å². The van der Waals surface area contributed by atoms with Crippen LogP contribution < -0.4 is 10.2 Å². The van der Waals surface area contributed by atoms with E-state index in [4.69, 9.17) is 0 Å². The maximum absolute atomic E-state index is 11.6. The maximum atomic E-state index is 11.6. The fraction of sp³-hybridized carbons (Fsp3) is 0.462. The normalized spacial score (nSPS) is 15.8. The van der Waals surface area contributed by atoms with Gasteiger partial charge in [0.05, 0.1) is 17.9 Å². The van der Waals surface area contributed by atoms with Crippen LogP contribution in [0.1, 0.15) is 26.3 Å². The predicted molar refractivity (Wildman–Crippen MR) is 66.9 cm³/mol. The number of carbonyl (C=O) groups is 1. The molecule has 1 amide bonds. The molecule has 86 valence electrons. The van der Waals surface area contributed by atoms with Crippen molar-refractivity contribution in [3.8, 4) is 0 Å². The van der Waals surface area contributed by atoms with Gasteiger partial charge in [-0.15, -0.1) is 0 Å². The number of benzene rings is 1. The number of rotatable bonds is 0. The van der Waals surface area contributed by atoms with Crippen LogP contribution in [0.4, 0.5) is 11.4 Å². The second kappa shape index (κ2) is 3.51. The average molecular weight is 218 g/mol. The zero-order chi connectivity index (χ0) is 11.9.